The maximum absolute atomic E-state index is 10.0. The van der Waals surface area contributed by atoms with Crippen LogP contribution < -0.4 is 0 Å². The van der Waals surface area contributed by atoms with E-state index in [1.807, 2.05) is 0 Å². The quantitative estimate of drug-likeness (QED) is 0.489. The number of phenols is 1. The molecule has 0 heterocycles. The molecule has 0 aliphatic rings. The van der Waals surface area contributed by atoms with Gasteiger partial charge in [0, 0.05) is 56.9 Å². The molecule has 0 aliphatic carbocycles. The Labute approximate surface area is 102 Å². The van der Waals surface area contributed by atoms with Gasteiger partial charge in [-0.3, -0.25) is 4.79 Å². The van der Waals surface area contributed by atoms with Gasteiger partial charge in [-0.2, -0.15) is 0 Å². The normalized spacial score (nSPS) is 8.00. The van der Waals surface area contributed by atoms with Crippen LogP contribution in [0.5, 0.6) is 5.75 Å². The Balaban J connectivity index is 0.000000810. The standard InChI is InChI=1S/C7H6O2.K/c8-5-6-1-3-7(9)4-2-6;/h1-5,9H;. The fourth-order valence-corrected chi connectivity index (χ4v) is 0.553. The molecule has 0 unspecified atom stereocenters. The van der Waals surface area contributed by atoms with Gasteiger partial charge in [0.15, 0.2) is 0 Å². The van der Waals surface area contributed by atoms with Gasteiger partial charge in [-0.05, 0) is 24.3 Å². The molecule has 0 amide bonds. The van der Waals surface area contributed by atoms with Crippen molar-refractivity contribution in [3.63, 3.8) is 0 Å². The zero-order chi connectivity index (χ0) is 6.69. The van der Waals surface area contributed by atoms with Gasteiger partial charge < -0.3 is 5.11 Å². The molecule has 0 saturated heterocycles. The van der Waals surface area contributed by atoms with Gasteiger partial charge in [0.05, 0.1) is 0 Å². The third-order valence-electron chi connectivity index (χ3n) is 1.03. The predicted molar refractivity (Wildman–Crippen MR) is 39.2 cm³/mol. The summed E-state index contributed by atoms with van der Waals surface area (Å²) in [6.45, 7) is 0. The molecular formula is C7H6KO2. The number of rotatable bonds is 1. The number of benzene rings is 1. The van der Waals surface area contributed by atoms with E-state index in [1.165, 1.54) is 12.1 Å². The van der Waals surface area contributed by atoms with Crippen molar-refractivity contribution in [1.29, 1.82) is 0 Å². The summed E-state index contributed by atoms with van der Waals surface area (Å²) in [4.78, 5) is 10.0. The largest absolute Gasteiger partial charge is 0.508 e. The van der Waals surface area contributed by atoms with Gasteiger partial charge >= 0.3 is 0 Å². The first kappa shape index (κ1) is 10.3. The zero-order valence-corrected chi connectivity index (χ0v) is 8.87. The molecule has 0 aromatic heterocycles. The molecule has 0 fully saturated rings. The maximum atomic E-state index is 10.0. The van der Waals surface area contributed by atoms with Crippen molar-refractivity contribution in [2.45, 2.75) is 0 Å². The van der Waals surface area contributed by atoms with Gasteiger partial charge in [-0.15, -0.1) is 0 Å². The molecule has 0 atom stereocenters. The summed E-state index contributed by atoms with van der Waals surface area (Å²) in [6, 6.07) is 6.07. The van der Waals surface area contributed by atoms with Crippen LogP contribution in [0.3, 0.4) is 0 Å². The monoisotopic (exact) mass is 161 g/mol. The number of carbonyl (C=O) groups excluding carboxylic acids is 1. The SMILES string of the molecule is O=Cc1ccc(O)cc1.[K]. The minimum Gasteiger partial charge on any atom is -0.508 e. The Morgan fingerprint density at radius 3 is 2.10 bits per heavy atom. The van der Waals surface area contributed by atoms with Crippen LogP contribution in [0.4, 0.5) is 0 Å². The van der Waals surface area contributed by atoms with Crippen molar-refractivity contribution in [2.24, 2.45) is 0 Å². The number of phenolic OH excluding ortho intramolecular Hbond substituents is 1. The van der Waals surface area contributed by atoms with Crippen LogP contribution in [0, 0.1) is 0 Å². The number of hydrogen-bond acceptors (Lipinski definition) is 2. The summed E-state index contributed by atoms with van der Waals surface area (Å²) >= 11 is 0. The van der Waals surface area contributed by atoms with Crippen LogP contribution in [0.15, 0.2) is 24.3 Å². The second-order valence-corrected chi connectivity index (χ2v) is 1.71. The van der Waals surface area contributed by atoms with Crippen LogP contribution >= 0.6 is 0 Å². The van der Waals surface area contributed by atoms with E-state index in [0.29, 0.717) is 5.56 Å². The molecule has 47 valence electrons. The molecule has 0 aliphatic heterocycles. The molecule has 1 rings (SSSR count). The Bertz CT molecular complexity index is 205. The summed E-state index contributed by atoms with van der Waals surface area (Å²) in [5, 5.41) is 8.74. The summed E-state index contributed by atoms with van der Waals surface area (Å²) in [5.74, 6) is 0.181. The summed E-state index contributed by atoms with van der Waals surface area (Å²) < 4.78 is 0. The molecule has 0 saturated carbocycles. The fraction of sp³-hybridized carbons (Fsp3) is 0. The van der Waals surface area contributed by atoms with E-state index in [4.69, 9.17) is 5.11 Å². The van der Waals surface area contributed by atoms with E-state index in [2.05, 4.69) is 0 Å². The predicted octanol–water partition coefficient (Wildman–Crippen LogP) is 0.824. The summed E-state index contributed by atoms with van der Waals surface area (Å²) in [5.41, 5.74) is 0.577. The van der Waals surface area contributed by atoms with Gasteiger partial charge in [-0.25, -0.2) is 0 Å². The van der Waals surface area contributed by atoms with Crippen molar-refractivity contribution < 1.29 is 9.90 Å². The van der Waals surface area contributed by atoms with E-state index in [1.54, 1.807) is 12.1 Å². The Morgan fingerprint density at radius 2 is 1.70 bits per heavy atom. The molecule has 1 radical (unpaired) electrons. The van der Waals surface area contributed by atoms with Gasteiger partial charge in [0.2, 0.25) is 0 Å². The number of carbonyl (C=O) groups is 1. The molecule has 0 spiro atoms. The average Bonchev–Trinajstić information content (AvgIpc) is 1.90. The minimum atomic E-state index is 0. The van der Waals surface area contributed by atoms with E-state index in [0.717, 1.165) is 6.29 Å². The topological polar surface area (TPSA) is 37.3 Å². The van der Waals surface area contributed by atoms with E-state index in [9.17, 15) is 4.79 Å². The molecule has 1 aromatic carbocycles. The first-order valence-corrected chi connectivity index (χ1v) is 2.57. The first-order chi connectivity index (χ1) is 4.33. The molecule has 0 bridgehead atoms. The molecule has 1 N–H and O–H groups in total. The molecular weight excluding hydrogens is 155 g/mol. The fourth-order valence-electron chi connectivity index (χ4n) is 0.553. The maximum Gasteiger partial charge on any atom is 0.150 e. The third kappa shape index (κ3) is 2.94. The van der Waals surface area contributed by atoms with E-state index < -0.39 is 0 Å². The Morgan fingerprint density at radius 1 is 1.20 bits per heavy atom. The van der Waals surface area contributed by atoms with Crippen LogP contribution in [0.1, 0.15) is 10.4 Å². The second kappa shape index (κ2) is 5.04. The van der Waals surface area contributed by atoms with Crippen LogP contribution in [-0.4, -0.2) is 62.8 Å². The molecule has 3 heteroatoms. The van der Waals surface area contributed by atoms with Crippen molar-refractivity contribution >= 4 is 57.7 Å². The second-order valence-electron chi connectivity index (χ2n) is 1.71. The molecule has 1 aromatic rings. The van der Waals surface area contributed by atoms with Crippen molar-refractivity contribution in [1.82, 2.24) is 0 Å². The Kier molecular flexibility index (Phi) is 5.20. The Hall–Kier alpha value is 0.326. The van der Waals surface area contributed by atoms with Crippen LogP contribution in [0.2, 0.25) is 0 Å². The third-order valence-corrected chi connectivity index (χ3v) is 1.03. The molecule has 2 nitrogen and oxygen atoms in total. The minimum absolute atomic E-state index is 0. The smallest absolute Gasteiger partial charge is 0.150 e. The van der Waals surface area contributed by atoms with Crippen LogP contribution in [-0.2, 0) is 0 Å². The number of hydrogen-bond donors (Lipinski definition) is 1. The van der Waals surface area contributed by atoms with Crippen molar-refractivity contribution in [2.75, 3.05) is 0 Å². The van der Waals surface area contributed by atoms with E-state index in [-0.39, 0.29) is 57.1 Å². The van der Waals surface area contributed by atoms with Crippen molar-refractivity contribution in [3.05, 3.63) is 29.8 Å². The first-order valence-electron chi connectivity index (χ1n) is 2.57. The van der Waals surface area contributed by atoms with Gasteiger partial charge in [0.25, 0.3) is 0 Å². The van der Waals surface area contributed by atoms with Crippen molar-refractivity contribution in [3.8, 4) is 5.75 Å². The zero-order valence-electron chi connectivity index (χ0n) is 5.74. The number of aromatic hydroxyl groups is 1. The van der Waals surface area contributed by atoms with Gasteiger partial charge in [-0.1, -0.05) is 0 Å². The average molecular weight is 161 g/mol. The van der Waals surface area contributed by atoms with Crippen LogP contribution in [0.25, 0.3) is 0 Å². The molecule has 10 heavy (non-hydrogen) atoms. The summed E-state index contributed by atoms with van der Waals surface area (Å²) in [7, 11) is 0. The summed E-state index contributed by atoms with van der Waals surface area (Å²) in [6.07, 6.45) is 0.736. The van der Waals surface area contributed by atoms with E-state index >= 15 is 0 Å². The van der Waals surface area contributed by atoms with Gasteiger partial charge in [0.1, 0.15) is 12.0 Å². The number of aldehydes is 1.